The largest absolute Gasteiger partial charge is 0.310 e. The van der Waals surface area contributed by atoms with Gasteiger partial charge in [-0.1, -0.05) is 159 Å². The van der Waals surface area contributed by atoms with Crippen molar-refractivity contribution in [2.24, 2.45) is 0 Å². The minimum atomic E-state index is -2.10. The fraction of sp³-hybridized carbons (Fsp3) is 0.186. The number of aryl methyl sites for hydroxylation is 4. The van der Waals surface area contributed by atoms with Crippen LogP contribution in [0.15, 0.2) is 170 Å². The Bertz CT molecular complexity index is 3100. The van der Waals surface area contributed by atoms with Crippen molar-refractivity contribution >= 4 is 82.6 Å². The van der Waals surface area contributed by atoms with E-state index in [9.17, 15) is 0 Å². The second kappa shape index (κ2) is 15.0. The van der Waals surface area contributed by atoms with Crippen LogP contribution in [-0.2, 0) is 4.66 Å². The molecule has 0 aliphatic heterocycles. The van der Waals surface area contributed by atoms with Gasteiger partial charge in [-0.05, 0) is 155 Å². The highest BCUT2D eigenvalue weighted by Gasteiger charge is 2.60. The second-order valence-corrected chi connectivity index (χ2v) is 31.2. The van der Waals surface area contributed by atoms with Crippen LogP contribution < -0.4 is 9.80 Å². The molecule has 4 heteroatoms. The smallest absolute Gasteiger partial charge is 0.0579 e. The van der Waals surface area contributed by atoms with Crippen LogP contribution in [0.1, 0.15) is 33.4 Å². The molecule has 0 saturated carbocycles. The van der Waals surface area contributed by atoms with Gasteiger partial charge in [0, 0.05) is 38.8 Å². The fourth-order valence-electron chi connectivity index (χ4n) is 11.5. The van der Waals surface area contributed by atoms with Crippen molar-refractivity contribution < 1.29 is 0 Å². The van der Waals surface area contributed by atoms with E-state index in [-0.39, 0.29) is 4.66 Å². The van der Waals surface area contributed by atoms with Gasteiger partial charge in [-0.2, -0.15) is 0 Å². The van der Waals surface area contributed by atoms with Crippen LogP contribution in [0.3, 0.4) is 0 Å². The number of benzene rings is 9. The zero-order valence-corrected chi connectivity index (χ0v) is 40.6. The van der Waals surface area contributed by atoms with Crippen LogP contribution in [0.2, 0.25) is 39.3 Å². The average molecular weight is 851 g/mol. The maximum Gasteiger partial charge on any atom is 0.0579 e. The van der Waals surface area contributed by atoms with Crippen molar-refractivity contribution in [3.05, 3.63) is 203 Å². The van der Waals surface area contributed by atoms with Gasteiger partial charge in [0.05, 0.1) is 16.1 Å². The van der Waals surface area contributed by atoms with E-state index < -0.39 is 16.1 Å². The summed E-state index contributed by atoms with van der Waals surface area (Å²) >= 11 is 0. The Balaban J connectivity index is 1.25. The zero-order chi connectivity index (χ0) is 44.0. The monoisotopic (exact) mass is 850 g/mol. The Labute approximate surface area is 376 Å². The first-order chi connectivity index (χ1) is 30.2. The molecule has 1 aliphatic rings. The molecule has 9 aromatic rings. The summed E-state index contributed by atoms with van der Waals surface area (Å²) in [5.41, 5.74) is 18.1. The van der Waals surface area contributed by atoms with Crippen LogP contribution in [0, 0.1) is 27.7 Å². The first-order valence-corrected chi connectivity index (χ1v) is 29.6. The Morgan fingerprint density at radius 2 is 0.730 bits per heavy atom. The number of anilines is 6. The van der Waals surface area contributed by atoms with Gasteiger partial charge in [0.1, 0.15) is 0 Å². The first-order valence-electron chi connectivity index (χ1n) is 22.6. The van der Waals surface area contributed by atoms with E-state index in [1.165, 1.54) is 77.1 Å². The van der Waals surface area contributed by atoms with Crippen LogP contribution in [-0.4, -0.2) is 16.1 Å². The highest BCUT2D eigenvalue weighted by Crippen LogP contribution is 2.63. The van der Waals surface area contributed by atoms with Crippen molar-refractivity contribution in [3.63, 3.8) is 0 Å². The molecule has 1 aliphatic carbocycles. The molecule has 9 aromatic carbocycles. The quantitative estimate of drug-likeness (QED) is 0.111. The van der Waals surface area contributed by atoms with E-state index >= 15 is 0 Å². The lowest BCUT2D eigenvalue weighted by Crippen LogP contribution is -2.63. The Morgan fingerprint density at radius 3 is 1.17 bits per heavy atom. The van der Waals surface area contributed by atoms with Gasteiger partial charge in [-0.3, -0.25) is 0 Å². The SMILES string of the molecule is Cc1ccc(N(c2ccc(C)cc2)c2ccc3c4c(ccc3c2)-c2c(c3ccc(N(c5ccc(C)cc5)c5ccc(C)cc5)cc3c3ccccc23)C4([Si](C)(C)C)[Si](C)(C)C)cc1. The van der Waals surface area contributed by atoms with Crippen molar-refractivity contribution in [2.45, 2.75) is 71.6 Å². The van der Waals surface area contributed by atoms with Gasteiger partial charge in [0.25, 0.3) is 0 Å². The first kappa shape index (κ1) is 40.8. The summed E-state index contributed by atoms with van der Waals surface area (Å²) in [6, 6.07) is 64.7. The predicted octanol–water partition coefficient (Wildman–Crippen LogP) is 17.3. The molecule has 312 valence electrons. The number of hydrogen-bond acceptors (Lipinski definition) is 2. The summed E-state index contributed by atoms with van der Waals surface area (Å²) in [5, 5.41) is 8.09. The molecule has 0 radical (unpaired) electrons. The molecule has 2 nitrogen and oxygen atoms in total. The molecule has 0 amide bonds. The molecule has 0 heterocycles. The highest BCUT2D eigenvalue weighted by molar-refractivity contribution is 7.00. The molecular formula is C59H58N2Si2. The molecule has 0 N–H and O–H groups in total. The van der Waals surface area contributed by atoms with Gasteiger partial charge < -0.3 is 9.80 Å². The minimum absolute atomic E-state index is 0.0866. The topological polar surface area (TPSA) is 6.48 Å². The molecule has 0 fully saturated rings. The standard InChI is InChI=1S/C59H58N2Si2/c1-39-15-24-44(25-16-39)60(45-26-17-40(2)18-27-45)48-32-35-50-43(37-48)23-34-54-56-52-14-12-11-13-51(52)55-38-49(61(46-28-19-41(3)20-29-46)47-30-21-42(4)22-31-47)33-36-53(55)58(56)59(57(50)54,62(5,6)7)63(8,9)10/h11-38H,1-10H3. The lowest BCUT2D eigenvalue weighted by molar-refractivity contribution is 0.973. The molecule has 0 bridgehead atoms. The summed E-state index contributed by atoms with van der Waals surface area (Å²) in [4.78, 5) is 4.85. The third kappa shape index (κ3) is 6.48. The fourth-order valence-corrected chi connectivity index (χ4v) is 24.5. The Hall–Kier alpha value is -6.21. The number of hydrogen-bond donors (Lipinski definition) is 0. The second-order valence-electron chi connectivity index (χ2n) is 20.2. The molecule has 0 spiro atoms. The van der Waals surface area contributed by atoms with Gasteiger partial charge in [0.2, 0.25) is 0 Å². The Morgan fingerprint density at radius 1 is 0.333 bits per heavy atom. The van der Waals surface area contributed by atoms with E-state index in [1.807, 2.05) is 0 Å². The normalized spacial score (nSPS) is 13.4. The lowest BCUT2D eigenvalue weighted by atomic mass is 9.91. The lowest BCUT2D eigenvalue weighted by Gasteiger charge is -2.52. The zero-order valence-electron chi connectivity index (χ0n) is 38.6. The number of fused-ring (bicyclic) bond motifs is 10. The van der Waals surface area contributed by atoms with Gasteiger partial charge in [-0.25, -0.2) is 0 Å². The molecule has 0 unspecified atom stereocenters. The van der Waals surface area contributed by atoms with E-state index in [1.54, 1.807) is 11.1 Å². The van der Waals surface area contributed by atoms with Crippen molar-refractivity contribution in [2.75, 3.05) is 9.80 Å². The summed E-state index contributed by atoms with van der Waals surface area (Å²) in [5.74, 6) is 0. The minimum Gasteiger partial charge on any atom is -0.310 e. The van der Waals surface area contributed by atoms with Crippen LogP contribution in [0.5, 0.6) is 0 Å². The number of rotatable bonds is 8. The molecule has 10 rings (SSSR count). The summed E-state index contributed by atoms with van der Waals surface area (Å²) in [6.07, 6.45) is 0. The molecular weight excluding hydrogens is 793 g/mol. The maximum atomic E-state index is 2.65. The summed E-state index contributed by atoms with van der Waals surface area (Å²) in [7, 11) is -4.19. The highest BCUT2D eigenvalue weighted by atomic mass is 28.4. The van der Waals surface area contributed by atoms with Crippen molar-refractivity contribution in [1.82, 2.24) is 0 Å². The maximum absolute atomic E-state index is 2.65. The van der Waals surface area contributed by atoms with Gasteiger partial charge in [0.15, 0.2) is 0 Å². The third-order valence-corrected chi connectivity index (χ3v) is 24.0. The third-order valence-electron chi connectivity index (χ3n) is 14.0. The van der Waals surface area contributed by atoms with Crippen molar-refractivity contribution in [1.29, 1.82) is 0 Å². The van der Waals surface area contributed by atoms with Gasteiger partial charge >= 0.3 is 0 Å². The summed E-state index contributed by atoms with van der Waals surface area (Å²) in [6.45, 7) is 24.6. The Kier molecular flexibility index (Phi) is 9.70. The van der Waals surface area contributed by atoms with Gasteiger partial charge in [-0.15, -0.1) is 0 Å². The molecule has 63 heavy (non-hydrogen) atoms. The van der Waals surface area contributed by atoms with E-state index in [2.05, 4.69) is 247 Å². The summed E-state index contributed by atoms with van der Waals surface area (Å²) < 4.78 is -0.0866. The van der Waals surface area contributed by atoms with Crippen LogP contribution >= 0.6 is 0 Å². The number of nitrogens with zero attached hydrogens (tertiary/aromatic N) is 2. The molecule has 0 aromatic heterocycles. The predicted molar refractivity (Wildman–Crippen MR) is 280 cm³/mol. The molecule has 0 atom stereocenters. The van der Waals surface area contributed by atoms with E-state index in [4.69, 9.17) is 0 Å². The van der Waals surface area contributed by atoms with Crippen LogP contribution in [0.4, 0.5) is 34.1 Å². The average Bonchev–Trinajstić information content (AvgIpc) is 3.61. The van der Waals surface area contributed by atoms with E-state index in [0.717, 1.165) is 22.7 Å². The van der Waals surface area contributed by atoms with Crippen molar-refractivity contribution in [3.8, 4) is 11.1 Å². The molecule has 0 saturated heterocycles. The van der Waals surface area contributed by atoms with Crippen LogP contribution in [0.25, 0.3) is 43.4 Å². The van der Waals surface area contributed by atoms with E-state index in [0.29, 0.717) is 0 Å².